The molecule has 3 heterocycles. The second-order valence-corrected chi connectivity index (χ2v) is 11.7. The molecule has 0 aliphatic carbocycles. The van der Waals surface area contributed by atoms with Gasteiger partial charge in [0.2, 0.25) is 11.8 Å². The highest BCUT2D eigenvalue weighted by molar-refractivity contribution is 6.02. The van der Waals surface area contributed by atoms with Gasteiger partial charge < -0.3 is 38.7 Å². The van der Waals surface area contributed by atoms with Crippen molar-refractivity contribution in [3.8, 4) is 0 Å². The van der Waals surface area contributed by atoms with Crippen LogP contribution in [0.3, 0.4) is 0 Å². The highest BCUT2D eigenvalue weighted by Gasteiger charge is 2.37. The summed E-state index contributed by atoms with van der Waals surface area (Å²) in [6, 6.07) is 12.5. The topological polar surface area (TPSA) is 123 Å². The molecule has 2 atom stereocenters. The molecule has 2 aromatic carbocycles. The first-order valence-corrected chi connectivity index (χ1v) is 15.6. The summed E-state index contributed by atoms with van der Waals surface area (Å²) < 4.78 is 24.2. The van der Waals surface area contributed by atoms with Gasteiger partial charge >= 0.3 is 0 Å². The molecule has 12 nitrogen and oxygen atoms in total. The van der Waals surface area contributed by atoms with Crippen LogP contribution in [0.15, 0.2) is 66.1 Å². The van der Waals surface area contributed by atoms with Crippen LogP contribution in [0.2, 0.25) is 0 Å². The molecule has 1 saturated heterocycles. The number of oxazole rings is 1. The van der Waals surface area contributed by atoms with Crippen LogP contribution < -0.4 is 10.6 Å². The number of likely N-dealkylation sites (N-methyl/N-ethyl adjacent to an activating group) is 1. The van der Waals surface area contributed by atoms with Crippen molar-refractivity contribution in [3.63, 3.8) is 0 Å². The van der Waals surface area contributed by atoms with Gasteiger partial charge in [0.1, 0.15) is 12.1 Å². The number of carbonyl (C=O) groups excluding carboxylic acids is 2. The first kappa shape index (κ1) is 33.3. The lowest BCUT2D eigenvalue weighted by Gasteiger charge is -2.25. The molecule has 0 spiro atoms. The number of amides is 2. The van der Waals surface area contributed by atoms with Crippen LogP contribution in [0, 0.1) is 0 Å². The van der Waals surface area contributed by atoms with Crippen molar-refractivity contribution < 1.29 is 28.2 Å². The van der Waals surface area contributed by atoms with Crippen molar-refractivity contribution >= 4 is 39.5 Å². The summed E-state index contributed by atoms with van der Waals surface area (Å²) in [5.41, 5.74) is 5.88. The van der Waals surface area contributed by atoms with Crippen molar-refractivity contribution in [1.82, 2.24) is 24.7 Å². The van der Waals surface area contributed by atoms with E-state index in [1.165, 1.54) is 18.0 Å². The summed E-state index contributed by atoms with van der Waals surface area (Å²) in [4.78, 5) is 33.0. The Morgan fingerprint density at radius 1 is 1.07 bits per heavy atom. The van der Waals surface area contributed by atoms with E-state index in [4.69, 9.17) is 18.6 Å². The van der Waals surface area contributed by atoms with E-state index in [1.54, 1.807) is 0 Å². The normalized spacial score (nSPS) is 16.9. The van der Waals surface area contributed by atoms with Gasteiger partial charge in [-0.05, 0) is 37.9 Å². The average Bonchev–Trinajstić information content (AvgIpc) is 3.78. The number of para-hydroxylation sites is 2. The Morgan fingerprint density at radius 3 is 2.61 bits per heavy atom. The summed E-state index contributed by atoms with van der Waals surface area (Å²) in [6.45, 7) is 8.18. The predicted octanol–water partition coefficient (Wildman–Crippen LogP) is 3.14. The van der Waals surface area contributed by atoms with Gasteiger partial charge in [-0.25, -0.2) is 4.98 Å². The van der Waals surface area contributed by atoms with Gasteiger partial charge in [-0.3, -0.25) is 14.5 Å². The number of rotatable bonds is 17. The Labute approximate surface area is 269 Å². The molecule has 4 aromatic rings. The number of aryl methyl sites for hydroxylation is 1. The molecule has 5 rings (SSSR count). The number of benzene rings is 2. The Balaban J connectivity index is 1.13. The summed E-state index contributed by atoms with van der Waals surface area (Å²) in [5, 5.41) is 6.81. The van der Waals surface area contributed by atoms with Gasteiger partial charge in [0.05, 0.1) is 44.2 Å². The predicted molar refractivity (Wildman–Crippen MR) is 177 cm³/mol. The average molecular weight is 633 g/mol. The Bertz CT molecular complexity index is 1630. The molecule has 1 fully saturated rings. The maximum absolute atomic E-state index is 12.8. The number of aromatic nitrogens is 2. The molecule has 2 N–H and O–H groups in total. The number of fused-ring (bicyclic) bond motifs is 2. The molecule has 12 heteroatoms. The maximum Gasteiger partial charge on any atom is 0.250 e. The number of carbonyl (C=O) groups is 2. The lowest BCUT2D eigenvalue weighted by Crippen LogP contribution is -2.34. The van der Waals surface area contributed by atoms with E-state index in [2.05, 4.69) is 69.0 Å². The second-order valence-electron chi connectivity index (χ2n) is 11.7. The molecule has 2 amide bonds. The van der Waals surface area contributed by atoms with Crippen molar-refractivity contribution in [2.45, 2.75) is 18.5 Å². The quantitative estimate of drug-likeness (QED) is 0.134. The molecule has 1 aliphatic rings. The minimum Gasteiger partial charge on any atom is -0.443 e. The van der Waals surface area contributed by atoms with Crippen molar-refractivity contribution in [3.05, 3.63) is 72.8 Å². The number of hydrogen-bond acceptors (Lipinski definition) is 9. The number of hydrogen-bond donors (Lipinski definition) is 2. The molecule has 46 heavy (non-hydrogen) atoms. The van der Waals surface area contributed by atoms with Crippen LogP contribution in [-0.4, -0.2) is 111 Å². The number of nitrogens with one attached hydrogen (secondary N) is 2. The number of likely N-dealkylation sites (tertiary alicyclic amines) is 1. The number of anilines is 1. The molecular formula is C34H44N6O6. The fraction of sp³-hybridized carbons (Fsp3) is 0.441. The van der Waals surface area contributed by atoms with E-state index < -0.39 is 0 Å². The van der Waals surface area contributed by atoms with Gasteiger partial charge in [-0.2, -0.15) is 0 Å². The lowest BCUT2D eigenvalue weighted by molar-refractivity contribution is -0.121. The molecule has 0 radical (unpaired) electrons. The molecule has 2 aromatic heterocycles. The largest absolute Gasteiger partial charge is 0.443 e. The zero-order valence-corrected chi connectivity index (χ0v) is 26.9. The standard InChI is InChI=1S/C34H44N6O6/c1-5-31(41)35-12-13-43-14-15-44-16-17-45-22-32(42)37-28-10-7-9-25-26(19-39(4)33(25)28)27-20-40(21-30(27)38(2)3)18-24-8-6-11-29-34(24)46-23-36-29/h5-11,19,23,27,30H,1,12-18,20-22H2,2-4H3,(H,35,41)(H,37,42)/t27-,30+/m1/s1. The van der Waals surface area contributed by atoms with Gasteiger partial charge in [-0.15, -0.1) is 0 Å². The van der Waals surface area contributed by atoms with E-state index in [9.17, 15) is 9.59 Å². The zero-order chi connectivity index (χ0) is 32.5. The number of ether oxygens (including phenoxy) is 3. The summed E-state index contributed by atoms with van der Waals surface area (Å²) >= 11 is 0. The lowest BCUT2D eigenvalue weighted by atomic mass is 9.93. The van der Waals surface area contributed by atoms with Crippen LogP contribution in [0.4, 0.5) is 5.69 Å². The molecule has 1 aliphatic heterocycles. The molecular weight excluding hydrogens is 588 g/mol. The fourth-order valence-electron chi connectivity index (χ4n) is 6.14. The Kier molecular flexibility index (Phi) is 11.6. The first-order chi connectivity index (χ1) is 22.4. The minimum atomic E-state index is -0.227. The van der Waals surface area contributed by atoms with E-state index in [0.717, 1.165) is 52.9 Å². The van der Waals surface area contributed by atoms with Crippen LogP contribution in [-0.2, 0) is 37.4 Å². The van der Waals surface area contributed by atoms with Crippen LogP contribution >= 0.6 is 0 Å². The van der Waals surface area contributed by atoms with Gasteiger partial charge in [0.15, 0.2) is 12.0 Å². The maximum atomic E-state index is 12.8. The van der Waals surface area contributed by atoms with Crippen molar-refractivity contribution in [2.75, 3.05) is 78.7 Å². The van der Waals surface area contributed by atoms with E-state index in [0.29, 0.717) is 39.0 Å². The zero-order valence-electron chi connectivity index (χ0n) is 26.9. The minimum absolute atomic E-state index is 0.0746. The highest BCUT2D eigenvalue weighted by Crippen LogP contribution is 2.38. The van der Waals surface area contributed by atoms with Crippen LogP contribution in [0.1, 0.15) is 17.0 Å². The third-order valence-corrected chi connectivity index (χ3v) is 8.27. The van der Waals surface area contributed by atoms with E-state index in [1.807, 2.05) is 31.3 Å². The van der Waals surface area contributed by atoms with Gasteiger partial charge in [0.25, 0.3) is 0 Å². The summed E-state index contributed by atoms with van der Waals surface area (Å²) in [5.74, 6) is -0.166. The van der Waals surface area contributed by atoms with Gasteiger partial charge in [-0.1, -0.05) is 30.8 Å². The van der Waals surface area contributed by atoms with E-state index in [-0.39, 0.29) is 30.9 Å². The summed E-state index contributed by atoms with van der Waals surface area (Å²) in [6.07, 6.45) is 4.93. The Hall–Kier alpha value is -4.07. The third kappa shape index (κ3) is 8.20. The van der Waals surface area contributed by atoms with Crippen molar-refractivity contribution in [2.24, 2.45) is 7.05 Å². The Morgan fingerprint density at radius 2 is 1.83 bits per heavy atom. The number of nitrogens with zero attached hydrogens (tertiary/aromatic N) is 4. The van der Waals surface area contributed by atoms with Crippen molar-refractivity contribution in [1.29, 1.82) is 0 Å². The van der Waals surface area contributed by atoms with Crippen LogP contribution in [0.5, 0.6) is 0 Å². The monoisotopic (exact) mass is 632 g/mol. The van der Waals surface area contributed by atoms with E-state index >= 15 is 0 Å². The van der Waals surface area contributed by atoms with Crippen LogP contribution in [0.25, 0.3) is 22.0 Å². The third-order valence-electron chi connectivity index (χ3n) is 8.27. The first-order valence-electron chi connectivity index (χ1n) is 15.6. The molecule has 0 unspecified atom stereocenters. The smallest absolute Gasteiger partial charge is 0.250 e. The SMILES string of the molecule is C=CC(=O)NCCOCCOCCOCC(=O)Nc1cccc2c([C@H]3CN(Cc4cccc5ncoc45)C[C@@H]3N(C)C)cn(C)c12. The fourth-order valence-corrected chi connectivity index (χ4v) is 6.14. The van der Waals surface area contributed by atoms with Gasteiger partial charge in [0, 0.05) is 62.3 Å². The molecule has 246 valence electrons. The molecule has 0 saturated carbocycles. The summed E-state index contributed by atoms with van der Waals surface area (Å²) in [7, 11) is 6.31. The highest BCUT2D eigenvalue weighted by atomic mass is 16.5. The molecule has 0 bridgehead atoms. The second kappa shape index (κ2) is 16.0.